The van der Waals surface area contributed by atoms with Gasteiger partial charge < -0.3 is 16.4 Å². The third kappa shape index (κ3) is 4.24. The number of carbonyl (C=O) groups excluding carboxylic acids is 2. The molecule has 2 aromatic rings. The molecule has 2 rings (SSSR count). The summed E-state index contributed by atoms with van der Waals surface area (Å²) in [4.78, 5) is 23.1. The molecule has 0 atom stereocenters. The van der Waals surface area contributed by atoms with Gasteiger partial charge in [0.2, 0.25) is 5.91 Å². The lowest BCUT2D eigenvalue weighted by molar-refractivity contribution is -0.141. The monoisotopic (exact) mass is 341 g/mol. The molecule has 5 N–H and O–H groups in total. The standard InChI is InChI=1S/C14H14F3N5O2/c1-7(23)20-8-2-3-11(18)10(4-8)13(24)19-6-9-5-12(22-21-9)14(15,16)17/h2-5H,6,18H2,1H3,(H,19,24)(H,20,23)(H,21,22). The molecule has 0 aliphatic rings. The fraction of sp³-hybridized carbons (Fsp3) is 0.214. The predicted molar refractivity (Wildman–Crippen MR) is 79.9 cm³/mol. The van der Waals surface area contributed by atoms with E-state index in [-0.39, 0.29) is 29.4 Å². The maximum Gasteiger partial charge on any atom is 0.435 e. The van der Waals surface area contributed by atoms with Crippen LogP contribution in [0.1, 0.15) is 28.7 Å². The van der Waals surface area contributed by atoms with E-state index < -0.39 is 17.8 Å². The first-order valence-corrected chi connectivity index (χ1v) is 6.73. The molecule has 0 saturated heterocycles. The van der Waals surface area contributed by atoms with Crippen LogP contribution in [0, 0.1) is 0 Å². The Kier molecular flexibility index (Phi) is 4.77. The Morgan fingerprint density at radius 3 is 2.58 bits per heavy atom. The Morgan fingerprint density at radius 1 is 1.29 bits per heavy atom. The van der Waals surface area contributed by atoms with E-state index in [9.17, 15) is 22.8 Å². The molecule has 1 aromatic carbocycles. The molecule has 10 heteroatoms. The molecule has 1 heterocycles. The molecule has 0 saturated carbocycles. The number of H-pyrrole nitrogens is 1. The maximum absolute atomic E-state index is 12.4. The maximum atomic E-state index is 12.4. The number of nitrogens with two attached hydrogens (primary N) is 1. The first-order valence-electron chi connectivity index (χ1n) is 6.73. The van der Waals surface area contributed by atoms with Gasteiger partial charge in [0, 0.05) is 18.3 Å². The van der Waals surface area contributed by atoms with Crippen molar-refractivity contribution in [3.63, 3.8) is 0 Å². The van der Waals surface area contributed by atoms with E-state index >= 15 is 0 Å². The van der Waals surface area contributed by atoms with Crippen LogP contribution in [0.3, 0.4) is 0 Å². The molecular weight excluding hydrogens is 327 g/mol. The number of amides is 2. The fourth-order valence-electron chi connectivity index (χ4n) is 1.90. The van der Waals surface area contributed by atoms with Gasteiger partial charge in [0.05, 0.1) is 17.8 Å². The molecule has 0 bridgehead atoms. The zero-order valence-corrected chi connectivity index (χ0v) is 12.5. The molecule has 128 valence electrons. The summed E-state index contributed by atoms with van der Waals surface area (Å²) in [7, 11) is 0. The van der Waals surface area contributed by atoms with Gasteiger partial charge in [-0.15, -0.1) is 0 Å². The number of hydrogen-bond acceptors (Lipinski definition) is 4. The summed E-state index contributed by atoms with van der Waals surface area (Å²) >= 11 is 0. The van der Waals surface area contributed by atoms with Crippen LogP contribution in [0.15, 0.2) is 24.3 Å². The Bertz CT molecular complexity index is 770. The van der Waals surface area contributed by atoms with Crippen LogP contribution >= 0.6 is 0 Å². The lowest BCUT2D eigenvalue weighted by Gasteiger charge is -2.09. The van der Waals surface area contributed by atoms with Crippen LogP contribution in [0.4, 0.5) is 24.5 Å². The Hall–Kier alpha value is -3.04. The molecule has 0 aliphatic heterocycles. The number of hydrogen-bond donors (Lipinski definition) is 4. The van der Waals surface area contributed by atoms with Crippen LogP contribution in [-0.4, -0.2) is 22.0 Å². The molecular formula is C14H14F3N5O2. The highest BCUT2D eigenvalue weighted by Crippen LogP contribution is 2.27. The fourth-order valence-corrected chi connectivity index (χ4v) is 1.90. The minimum absolute atomic E-state index is 0.0901. The molecule has 0 aliphatic carbocycles. The van der Waals surface area contributed by atoms with Gasteiger partial charge in [0.25, 0.3) is 5.91 Å². The summed E-state index contributed by atoms with van der Waals surface area (Å²) in [6.07, 6.45) is -4.56. The number of halogens is 3. The van der Waals surface area contributed by atoms with Crippen molar-refractivity contribution >= 4 is 23.2 Å². The van der Waals surface area contributed by atoms with Gasteiger partial charge in [-0.05, 0) is 24.3 Å². The second-order valence-electron chi connectivity index (χ2n) is 4.94. The van der Waals surface area contributed by atoms with E-state index in [2.05, 4.69) is 20.8 Å². The highest BCUT2D eigenvalue weighted by molar-refractivity contribution is 6.01. The average Bonchev–Trinajstić information content (AvgIpc) is 2.95. The zero-order valence-electron chi connectivity index (χ0n) is 12.5. The molecule has 1 aromatic heterocycles. The lowest BCUT2D eigenvalue weighted by Crippen LogP contribution is -2.24. The zero-order chi connectivity index (χ0) is 17.9. The third-order valence-corrected chi connectivity index (χ3v) is 2.98. The number of aromatic nitrogens is 2. The summed E-state index contributed by atoms with van der Waals surface area (Å²) in [6, 6.07) is 5.15. The van der Waals surface area contributed by atoms with Crippen LogP contribution in [0.25, 0.3) is 0 Å². The van der Waals surface area contributed by atoms with E-state index in [0.29, 0.717) is 5.69 Å². The van der Waals surface area contributed by atoms with E-state index in [1.165, 1.54) is 25.1 Å². The van der Waals surface area contributed by atoms with Crippen LogP contribution in [0.2, 0.25) is 0 Å². The van der Waals surface area contributed by atoms with Crippen LogP contribution < -0.4 is 16.4 Å². The summed E-state index contributed by atoms with van der Waals surface area (Å²) in [6.45, 7) is 1.12. The molecule has 7 nitrogen and oxygen atoms in total. The number of alkyl halides is 3. The topological polar surface area (TPSA) is 113 Å². The molecule has 0 fully saturated rings. The van der Waals surface area contributed by atoms with Gasteiger partial charge in [-0.3, -0.25) is 14.7 Å². The third-order valence-electron chi connectivity index (χ3n) is 2.98. The van der Waals surface area contributed by atoms with Crippen molar-refractivity contribution in [1.29, 1.82) is 0 Å². The van der Waals surface area contributed by atoms with Gasteiger partial charge in [-0.25, -0.2) is 0 Å². The van der Waals surface area contributed by atoms with Gasteiger partial charge in [-0.2, -0.15) is 18.3 Å². The number of nitrogens with zero attached hydrogens (tertiary/aromatic N) is 1. The second kappa shape index (κ2) is 6.60. The minimum Gasteiger partial charge on any atom is -0.398 e. The number of carbonyl (C=O) groups is 2. The highest BCUT2D eigenvalue weighted by atomic mass is 19.4. The Balaban J connectivity index is 2.07. The number of anilines is 2. The minimum atomic E-state index is -4.56. The molecule has 0 spiro atoms. The second-order valence-corrected chi connectivity index (χ2v) is 4.94. The summed E-state index contributed by atoms with van der Waals surface area (Å²) in [5.41, 5.74) is 5.37. The van der Waals surface area contributed by atoms with Crippen molar-refractivity contribution in [3.05, 3.63) is 41.2 Å². The SMILES string of the molecule is CC(=O)Nc1ccc(N)c(C(=O)NCc2cc(C(F)(F)F)n[nH]2)c1. The Labute approximate surface area is 134 Å². The molecule has 24 heavy (non-hydrogen) atoms. The quantitative estimate of drug-likeness (QED) is 0.636. The largest absolute Gasteiger partial charge is 0.435 e. The smallest absolute Gasteiger partial charge is 0.398 e. The van der Waals surface area contributed by atoms with E-state index in [4.69, 9.17) is 5.73 Å². The van der Waals surface area contributed by atoms with Crippen molar-refractivity contribution in [2.24, 2.45) is 0 Å². The first-order chi connectivity index (χ1) is 11.2. The van der Waals surface area contributed by atoms with E-state index in [0.717, 1.165) is 6.07 Å². The van der Waals surface area contributed by atoms with Crippen molar-refractivity contribution < 1.29 is 22.8 Å². The number of nitrogens with one attached hydrogen (secondary N) is 3. The number of benzene rings is 1. The highest BCUT2D eigenvalue weighted by Gasteiger charge is 2.33. The van der Waals surface area contributed by atoms with Gasteiger partial charge in [0.1, 0.15) is 0 Å². The van der Waals surface area contributed by atoms with Crippen molar-refractivity contribution in [3.8, 4) is 0 Å². The first kappa shape index (κ1) is 17.3. The normalized spacial score (nSPS) is 11.2. The Morgan fingerprint density at radius 2 is 2.00 bits per heavy atom. The number of rotatable bonds is 4. The molecule has 0 unspecified atom stereocenters. The van der Waals surface area contributed by atoms with Gasteiger partial charge >= 0.3 is 6.18 Å². The number of aromatic amines is 1. The van der Waals surface area contributed by atoms with E-state index in [1.807, 2.05) is 0 Å². The predicted octanol–water partition coefficient (Wildman–Crippen LogP) is 1.90. The summed E-state index contributed by atoms with van der Waals surface area (Å²) < 4.78 is 37.3. The molecule has 0 radical (unpaired) electrons. The van der Waals surface area contributed by atoms with Gasteiger partial charge in [0.15, 0.2) is 5.69 Å². The van der Waals surface area contributed by atoms with Crippen molar-refractivity contribution in [1.82, 2.24) is 15.5 Å². The van der Waals surface area contributed by atoms with E-state index in [1.54, 1.807) is 0 Å². The summed E-state index contributed by atoms with van der Waals surface area (Å²) in [5, 5.41) is 10.3. The summed E-state index contributed by atoms with van der Waals surface area (Å²) in [5.74, 6) is -0.911. The van der Waals surface area contributed by atoms with Gasteiger partial charge in [-0.1, -0.05) is 0 Å². The molecule has 2 amide bonds. The average molecular weight is 341 g/mol. The number of nitrogen functional groups attached to an aromatic ring is 1. The van der Waals surface area contributed by atoms with Crippen LogP contribution in [-0.2, 0) is 17.5 Å². The van der Waals surface area contributed by atoms with Crippen molar-refractivity contribution in [2.75, 3.05) is 11.1 Å². The lowest BCUT2D eigenvalue weighted by atomic mass is 10.1. The van der Waals surface area contributed by atoms with Crippen molar-refractivity contribution in [2.45, 2.75) is 19.6 Å². The van der Waals surface area contributed by atoms with Crippen LogP contribution in [0.5, 0.6) is 0 Å².